The normalized spacial score (nSPS) is 22.8. The maximum atomic E-state index is 13.4. The van der Waals surface area contributed by atoms with Crippen molar-refractivity contribution in [2.45, 2.75) is 44.1 Å². The molecule has 0 aromatic carbocycles. The Kier molecular flexibility index (Phi) is 4.37. The molecular formula is C18H22FN5S. The summed E-state index contributed by atoms with van der Waals surface area (Å²) in [4.78, 5) is 18.1. The molecule has 25 heavy (non-hydrogen) atoms. The Bertz CT molecular complexity index is 787. The van der Waals surface area contributed by atoms with Crippen molar-refractivity contribution in [2.24, 2.45) is 0 Å². The SMILES string of the molecule is CSc1nc(C)c(C)c(N2CC3CC(C2)N3Cc2cncc(F)c2)n1. The van der Waals surface area contributed by atoms with Crippen LogP contribution in [-0.4, -0.2) is 51.3 Å². The molecular weight excluding hydrogens is 337 g/mol. The molecule has 3 aliphatic heterocycles. The molecule has 2 aromatic rings. The average Bonchev–Trinajstić information content (AvgIpc) is 2.62. The highest BCUT2D eigenvalue weighted by atomic mass is 32.2. The van der Waals surface area contributed by atoms with Crippen molar-refractivity contribution in [3.63, 3.8) is 0 Å². The smallest absolute Gasteiger partial charge is 0.189 e. The third-order valence-electron chi connectivity index (χ3n) is 5.30. The Morgan fingerprint density at radius 2 is 1.96 bits per heavy atom. The van der Waals surface area contributed by atoms with Gasteiger partial charge in [0.2, 0.25) is 0 Å². The maximum Gasteiger partial charge on any atom is 0.189 e. The topological polar surface area (TPSA) is 45.2 Å². The summed E-state index contributed by atoms with van der Waals surface area (Å²) in [5.74, 6) is 0.806. The molecule has 2 unspecified atom stereocenters. The van der Waals surface area contributed by atoms with Gasteiger partial charge >= 0.3 is 0 Å². The minimum atomic E-state index is -0.263. The predicted octanol–water partition coefficient (Wildman–Crippen LogP) is 2.81. The van der Waals surface area contributed by atoms with Crippen LogP contribution >= 0.6 is 11.8 Å². The lowest BCUT2D eigenvalue weighted by Crippen LogP contribution is -2.68. The van der Waals surface area contributed by atoms with Gasteiger partial charge in [0.15, 0.2) is 5.16 Å². The summed E-state index contributed by atoms with van der Waals surface area (Å²) in [6.07, 6.45) is 6.23. The number of aromatic nitrogens is 3. The van der Waals surface area contributed by atoms with Crippen LogP contribution in [0.4, 0.5) is 10.2 Å². The van der Waals surface area contributed by atoms with Gasteiger partial charge in [-0.05, 0) is 38.2 Å². The van der Waals surface area contributed by atoms with Crippen LogP contribution in [0.3, 0.4) is 0 Å². The first-order valence-corrected chi connectivity index (χ1v) is 9.77. The predicted molar refractivity (Wildman–Crippen MR) is 97.4 cm³/mol. The second kappa shape index (κ2) is 6.53. The number of hydrogen-bond donors (Lipinski definition) is 0. The van der Waals surface area contributed by atoms with Crippen molar-refractivity contribution in [2.75, 3.05) is 24.2 Å². The van der Waals surface area contributed by atoms with Gasteiger partial charge in [-0.1, -0.05) is 11.8 Å². The summed E-state index contributed by atoms with van der Waals surface area (Å²) >= 11 is 1.58. The molecule has 0 aliphatic carbocycles. The van der Waals surface area contributed by atoms with E-state index < -0.39 is 0 Å². The van der Waals surface area contributed by atoms with Crippen LogP contribution in [0.15, 0.2) is 23.6 Å². The molecule has 2 atom stereocenters. The Morgan fingerprint density at radius 3 is 2.64 bits per heavy atom. The zero-order chi connectivity index (χ0) is 17.6. The molecule has 0 N–H and O–H groups in total. The molecule has 5 heterocycles. The van der Waals surface area contributed by atoms with E-state index in [4.69, 9.17) is 4.98 Å². The van der Waals surface area contributed by atoms with Gasteiger partial charge in [-0.25, -0.2) is 14.4 Å². The second-order valence-electron chi connectivity index (χ2n) is 6.88. The second-order valence-corrected chi connectivity index (χ2v) is 7.65. The minimum Gasteiger partial charge on any atom is -0.353 e. The molecule has 0 amide bonds. The van der Waals surface area contributed by atoms with Gasteiger partial charge in [0, 0.05) is 49.2 Å². The van der Waals surface area contributed by atoms with Crippen LogP contribution in [0, 0.1) is 19.7 Å². The van der Waals surface area contributed by atoms with E-state index in [0.717, 1.165) is 41.9 Å². The van der Waals surface area contributed by atoms with Crippen LogP contribution in [0.5, 0.6) is 0 Å². The Balaban J connectivity index is 1.49. The number of piperazine rings is 1. The van der Waals surface area contributed by atoms with Gasteiger partial charge in [0.1, 0.15) is 11.6 Å². The quantitative estimate of drug-likeness (QED) is 0.618. The summed E-state index contributed by atoms with van der Waals surface area (Å²) in [5.41, 5.74) is 3.16. The van der Waals surface area contributed by atoms with Gasteiger partial charge in [-0.2, -0.15) is 0 Å². The van der Waals surface area contributed by atoms with Crippen LogP contribution in [0.2, 0.25) is 0 Å². The summed E-state index contributed by atoms with van der Waals surface area (Å²) in [6.45, 7) is 6.85. The first-order valence-electron chi connectivity index (χ1n) is 8.54. The molecule has 0 spiro atoms. The van der Waals surface area contributed by atoms with Crippen molar-refractivity contribution in [3.8, 4) is 0 Å². The molecule has 7 heteroatoms. The standard InChI is InChI=1S/C18H22FN5S/c1-11-12(2)21-18(25-3)22-17(11)23-9-15-5-16(10-23)24(15)8-13-4-14(19)7-20-6-13/h4,6-7,15-16H,5,8-10H2,1-3H3. The highest BCUT2D eigenvalue weighted by Gasteiger charge is 2.45. The number of aryl methyl sites for hydroxylation is 1. The number of thioether (sulfide) groups is 1. The van der Waals surface area contributed by atoms with Crippen molar-refractivity contribution in [1.29, 1.82) is 0 Å². The number of halogens is 1. The van der Waals surface area contributed by atoms with Crippen molar-refractivity contribution in [1.82, 2.24) is 19.9 Å². The minimum absolute atomic E-state index is 0.263. The Labute approximate surface area is 151 Å². The van der Waals surface area contributed by atoms with Gasteiger partial charge in [0.25, 0.3) is 0 Å². The molecule has 5 nitrogen and oxygen atoms in total. The summed E-state index contributed by atoms with van der Waals surface area (Å²) in [5, 5.41) is 0.833. The van der Waals surface area contributed by atoms with Gasteiger partial charge in [-0.3, -0.25) is 9.88 Å². The van der Waals surface area contributed by atoms with Gasteiger partial charge in [0.05, 0.1) is 6.20 Å². The summed E-state index contributed by atoms with van der Waals surface area (Å²) in [7, 11) is 0. The highest BCUT2D eigenvalue weighted by molar-refractivity contribution is 7.98. The van der Waals surface area contributed by atoms with Crippen LogP contribution in [0.25, 0.3) is 0 Å². The van der Waals surface area contributed by atoms with E-state index in [2.05, 4.69) is 26.7 Å². The summed E-state index contributed by atoms with van der Waals surface area (Å²) in [6, 6.07) is 2.57. The average molecular weight is 359 g/mol. The van der Waals surface area contributed by atoms with Crippen LogP contribution in [0.1, 0.15) is 23.2 Å². The number of rotatable bonds is 4. The number of piperidine rings is 1. The fraction of sp³-hybridized carbons (Fsp3) is 0.500. The molecule has 0 saturated carbocycles. The van der Waals surface area contributed by atoms with Crippen LogP contribution < -0.4 is 4.90 Å². The van der Waals surface area contributed by atoms with E-state index in [1.165, 1.54) is 18.2 Å². The first kappa shape index (κ1) is 16.7. The van der Waals surface area contributed by atoms with Crippen molar-refractivity contribution < 1.29 is 4.39 Å². The van der Waals surface area contributed by atoms with Crippen LogP contribution in [-0.2, 0) is 6.54 Å². The molecule has 3 fully saturated rings. The van der Waals surface area contributed by atoms with E-state index in [0.29, 0.717) is 12.1 Å². The Hall–Kier alpha value is -1.73. The molecule has 132 valence electrons. The lowest BCUT2D eigenvalue weighted by Gasteiger charge is -2.57. The number of anilines is 1. The monoisotopic (exact) mass is 359 g/mol. The van der Waals surface area contributed by atoms with E-state index >= 15 is 0 Å². The fourth-order valence-corrected chi connectivity index (χ4v) is 4.27. The van der Waals surface area contributed by atoms with Crippen molar-refractivity contribution in [3.05, 3.63) is 41.1 Å². The van der Waals surface area contributed by atoms with E-state index in [-0.39, 0.29) is 5.82 Å². The highest BCUT2D eigenvalue weighted by Crippen LogP contribution is 2.36. The van der Waals surface area contributed by atoms with E-state index in [1.807, 2.05) is 13.2 Å². The van der Waals surface area contributed by atoms with E-state index in [1.54, 1.807) is 24.0 Å². The molecule has 0 radical (unpaired) electrons. The van der Waals surface area contributed by atoms with Gasteiger partial charge in [-0.15, -0.1) is 0 Å². The third-order valence-corrected chi connectivity index (χ3v) is 5.84. The number of hydrogen-bond acceptors (Lipinski definition) is 6. The number of fused-ring (bicyclic) bond motifs is 2. The van der Waals surface area contributed by atoms with Gasteiger partial charge < -0.3 is 4.90 Å². The maximum absolute atomic E-state index is 13.4. The zero-order valence-electron chi connectivity index (χ0n) is 14.7. The molecule has 3 aliphatic rings. The van der Waals surface area contributed by atoms with Crippen molar-refractivity contribution >= 4 is 17.6 Å². The fourth-order valence-electron chi connectivity index (χ4n) is 3.86. The summed E-state index contributed by atoms with van der Waals surface area (Å²) < 4.78 is 13.4. The largest absolute Gasteiger partial charge is 0.353 e. The lowest BCUT2D eigenvalue weighted by molar-refractivity contribution is -0.00891. The van der Waals surface area contributed by atoms with E-state index in [9.17, 15) is 4.39 Å². The first-order chi connectivity index (χ1) is 12.0. The zero-order valence-corrected chi connectivity index (χ0v) is 15.6. The molecule has 2 aromatic heterocycles. The lowest BCUT2D eigenvalue weighted by atomic mass is 9.86. The third kappa shape index (κ3) is 3.11. The molecule has 2 bridgehead atoms. The number of pyridine rings is 1. The molecule has 3 saturated heterocycles. The number of nitrogens with zero attached hydrogens (tertiary/aromatic N) is 5. The Morgan fingerprint density at radius 1 is 1.20 bits per heavy atom. The molecule has 5 rings (SSSR count).